The van der Waals surface area contributed by atoms with Gasteiger partial charge in [-0.2, -0.15) is 0 Å². The van der Waals surface area contributed by atoms with Crippen LogP contribution in [0.3, 0.4) is 0 Å². The second-order valence-corrected chi connectivity index (χ2v) is 3.40. The number of hydrogen-bond donors (Lipinski definition) is 0. The number of esters is 1. The first-order chi connectivity index (χ1) is 8.20. The standard InChI is InChI=1S/C12H16O5/c1-3-5-6-17-10-8-15-7-9(11(10)13)12(14)16-4-2/h7-8H,3-6H2,1-2H3. The molecule has 0 fully saturated rings. The largest absolute Gasteiger partial charge is 0.487 e. The minimum atomic E-state index is -0.692. The van der Waals surface area contributed by atoms with E-state index in [-0.39, 0.29) is 17.9 Å². The molecule has 5 heteroatoms. The maximum absolute atomic E-state index is 11.8. The monoisotopic (exact) mass is 240 g/mol. The molecular formula is C12H16O5. The lowest BCUT2D eigenvalue weighted by atomic mass is 10.3. The van der Waals surface area contributed by atoms with Gasteiger partial charge in [-0.05, 0) is 13.3 Å². The molecular weight excluding hydrogens is 224 g/mol. The van der Waals surface area contributed by atoms with Crippen LogP contribution in [0.15, 0.2) is 21.7 Å². The third-order valence-electron chi connectivity index (χ3n) is 2.08. The van der Waals surface area contributed by atoms with Crippen molar-refractivity contribution in [3.8, 4) is 5.75 Å². The maximum atomic E-state index is 11.8. The van der Waals surface area contributed by atoms with Crippen LogP contribution in [-0.4, -0.2) is 19.2 Å². The van der Waals surface area contributed by atoms with Gasteiger partial charge in [0.1, 0.15) is 18.1 Å². The van der Waals surface area contributed by atoms with Crippen molar-refractivity contribution in [1.82, 2.24) is 0 Å². The summed E-state index contributed by atoms with van der Waals surface area (Å²) in [5.41, 5.74) is -0.633. The van der Waals surface area contributed by atoms with Crippen LogP contribution in [0.4, 0.5) is 0 Å². The van der Waals surface area contributed by atoms with Crippen LogP contribution in [0, 0.1) is 0 Å². The van der Waals surface area contributed by atoms with E-state index in [1.54, 1.807) is 6.92 Å². The van der Waals surface area contributed by atoms with E-state index in [4.69, 9.17) is 13.9 Å². The van der Waals surface area contributed by atoms with E-state index >= 15 is 0 Å². The highest BCUT2D eigenvalue weighted by Crippen LogP contribution is 2.07. The van der Waals surface area contributed by atoms with Crippen molar-refractivity contribution in [2.24, 2.45) is 0 Å². The number of hydrogen-bond acceptors (Lipinski definition) is 5. The van der Waals surface area contributed by atoms with E-state index in [1.165, 1.54) is 6.26 Å². The first kappa shape index (κ1) is 13.3. The first-order valence-corrected chi connectivity index (χ1v) is 5.61. The number of carbonyl (C=O) groups is 1. The summed E-state index contributed by atoms with van der Waals surface area (Å²) in [6, 6.07) is 0. The molecule has 0 aliphatic heterocycles. The van der Waals surface area contributed by atoms with Crippen LogP contribution in [0.5, 0.6) is 5.75 Å². The molecule has 1 aromatic rings. The van der Waals surface area contributed by atoms with Gasteiger partial charge in [0.25, 0.3) is 0 Å². The number of rotatable bonds is 6. The highest BCUT2D eigenvalue weighted by molar-refractivity contribution is 5.89. The summed E-state index contributed by atoms with van der Waals surface area (Å²) in [6.45, 7) is 4.31. The molecule has 1 heterocycles. The molecule has 1 aromatic heterocycles. The molecule has 0 atom stereocenters. The Morgan fingerprint density at radius 2 is 2.12 bits per heavy atom. The molecule has 0 aliphatic carbocycles. The van der Waals surface area contributed by atoms with Crippen LogP contribution in [0.2, 0.25) is 0 Å². The zero-order chi connectivity index (χ0) is 12.7. The van der Waals surface area contributed by atoms with Gasteiger partial charge in [0.15, 0.2) is 0 Å². The van der Waals surface area contributed by atoms with E-state index in [0.717, 1.165) is 19.1 Å². The predicted molar refractivity (Wildman–Crippen MR) is 61.3 cm³/mol. The van der Waals surface area contributed by atoms with Gasteiger partial charge in [-0.1, -0.05) is 13.3 Å². The van der Waals surface area contributed by atoms with Crippen molar-refractivity contribution >= 4 is 5.97 Å². The Kier molecular flexibility index (Phi) is 5.26. The Hall–Kier alpha value is -1.78. The molecule has 0 aliphatic rings. The van der Waals surface area contributed by atoms with Crippen LogP contribution in [0.1, 0.15) is 37.0 Å². The van der Waals surface area contributed by atoms with Gasteiger partial charge in [0, 0.05) is 0 Å². The fourth-order valence-electron chi connectivity index (χ4n) is 1.18. The number of carbonyl (C=O) groups excluding carboxylic acids is 1. The number of unbranched alkanes of at least 4 members (excludes halogenated alkanes) is 1. The van der Waals surface area contributed by atoms with Crippen molar-refractivity contribution in [3.63, 3.8) is 0 Å². The van der Waals surface area contributed by atoms with Gasteiger partial charge < -0.3 is 13.9 Å². The summed E-state index contributed by atoms with van der Waals surface area (Å²) >= 11 is 0. The average Bonchev–Trinajstić information content (AvgIpc) is 2.32. The van der Waals surface area contributed by atoms with E-state index in [9.17, 15) is 9.59 Å². The summed E-state index contributed by atoms with van der Waals surface area (Å²) in [4.78, 5) is 23.2. The third-order valence-corrected chi connectivity index (χ3v) is 2.08. The Balaban J connectivity index is 2.84. The minimum absolute atomic E-state index is 0.0454. The van der Waals surface area contributed by atoms with Gasteiger partial charge in [0.05, 0.1) is 13.2 Å². The first-order valence-electron chi connectivity index (χ1n) is 5.61. The quantitative estimate of drug-likeness (QED) is 0.562. The molecule has 0 saturated heterocycles. The molecule has 5 nitrogen and oxygen atoms in total. The molecule has 0 radical (unpaired) electrons. The molecule has 0 bridgehead atoms. The lowest BCUT2D eigenvalue weighted by Gasteiger charge is -2.05. The zero-order valence-electron chi connectivity index (χ0n) is 10.0. The second-order valence-electron chi connectivity index (χ2n) is 3.40. The number of ether oxygens (including phenoxy) is 2. The van der Waals surface area contributed by atoms with Crippen molar-refractivity contribution < 1.29 is 18.7 Å². The molecule has 0 spiro atoms. The van der Waals surface area contributed by atoms with E-state index in [0.29, 0.717) is 6.61 Å². The van der Waals surface area contributed by atoms with Crippen molar-refractivity contribution in [2.75, 3.05) is 13.2 Å². The van der Waals surface area contributed by atoms with Gasteiger partial charge >= 0.3 is 5.97 Å². The molecule has 0 saturated carbocycles. The van der Waals surface area contributed by atoms with Gasteiger partial charge in [-0.25, -0.2) is 4.79 Å². The molecule has 1 rings (SSSR count). The smallest absolute Gasteiger partial charge is 0.345 e. The summed E-state index contributed by atoms with van der Waals surface area (Å²) in [5, 5.41) is 0. The third kappa shape index (κ3) is 3.62. The van der Waals surface area contributed by atoms with Gasteiger partial charge in [0.2, 0.25) is 11.2 Å². The van der Waals surface area contributed by atoms with Crippen molar-refractivity contribution in [3.05, 3.63) is 28.3 Å². The molecule has 0 aromatic carbocycles. The van der Waals surface area contributed by atoms with Crippen LogP contribution in [0.25, 0.3) is 0 Å². The fourth-order valence-corrected chi connectivity index (χ4v) is 1.18. The highest BCUT2D eigenvalue weighted by atomic mass is 16.5. The van der Waals surface area contributed by atoms with E-state index in [2.05, 4.69) is 0 Å². The summed E-state index contributed by atoms with van der Waals surface area (Å²) in [6.07, 6.45) is 4.07. The summed E-state index contributed by atoms with van der Waals surface area (Å²) in [5.74, 6) is -0.647. The van der Waals surface area contributed by atoms with E-state index in [1.807, 2.05) is 6.92 Å². The Bertz CT molecular complexity index is 421. The maximum Gasteiger partial charge on any atom is 0.345 e. The molecule has 0 amide bonds. The van der Waals surface area contributed by atoms with Crippen molar-refractivity contribution in [2.45, 2.75) is 26.7 Å². The molecule has 94 valence electrons. The fraction of sp³-hybridized carbons (Fsp3) is 0.500. The Morgan fingerprint density at radius 3 is 2.76 bits per heavy atom. The van der Waals surface area contributed by atoms with Gasteiger partial charge in [-0.3, -0.25) is 4.79 Å². The average molecular weight is 240 g/mol. The molecule has 0 N–H and O–H groups in total. The molecule has 0 unspecified atom stereocenters. The highest BCUT2D eigenvalue weighted by Gasteiger charge is 2.16. The molecule has 17 heavy (non-hydrogen) atoms. The van der Waals surface area contributed by atoms with Crippen LogP contribution < -0.4 is 10.2 Å². The van der Waals surface area contributed by atoms with Crippen LogP contribution >= 0.6 is 0 Å². The normalized spacial score (nSPS) is 10.0. The van der Waals surface area contributed by atoms with Crippen molar-refractivity contribution in [1.29, 1.82) is 0 Å². The lowest BCUT2D eigenvalue weighted by Crippen LogP contribution is -2.19. The predicted octanol–water partition coefficient (Wildman–Crippen LogP) is 2.00. The summed E-state index contributed by atoms with van der Waals surface area (Å²) in [7, 11) is 0. The Labute approximate surface area is 99.3 Å². The Morgan fingerprint density at radius 1 is 1.35 bits per heavy atom. The van der Waals surface area contributed by atoms with Crippen LogP contribution in [-0.2, 0) is 4.74 Å². The van der Waals surface area contributed by atoms with Gasteiger partial charge in [-0.15, -0.1) is 0 Å². The topological polar surface area (TPSA) is 65.7 Å². The minimum Gasteiger partial charge on any atom is -0.487 e. The second kappa shape index (κ2) is 6.73. The SMILES string of the molecule is CCCCOc1cocc(C(=O)OCC)c1=O. The zero-order valence-corrected chi connectivity index (χ0v) is 10.0. The lowest BCUT2D eigenvalue weighted by molar-refractivity contribution is 0.0521. The summed E-state index contributed by atoms with van der Waals surface area (Å²) < 4.78 is 14.9. The van der Waals surface area contributed by atoms with E-state index < -0.39 is 11.4 Å².